The van der Waals surface area contributed by atoms with Crippen molar-refractivity contribution in [2.75, 3.05) is 13.1 Å². The van der Waals surface area contributed by atoms with Gasteiger partial charge in [0.05, 0.1) is 5.92 Å². The zero-order valence-corrected chi connectivity index (χ0v) is 13.1. The van der Waals surface area contributed by atoms with Gasteiger partial charge in [0, 0.05) is 19.5 Å². The Morgan fingerprint density at radius 1 is 1.30 bits per heavy atom. The van der Waals surface area contributed by atoms with E-state index in [1.807, 2.05) is 6.92 Å². The second-order valence-electron chi connectivity index (χ2n) is 6.15. The van der Waals surface area contributed by atoms with Gasteiger partial charge in [0.1, 0.15) is 0 Å². The van der Waals surface area contributed by atoms with Gasteiger partial charge in [-0.05, 0) is 42.9 Å². The lowest BCUT2D eigenvalue weighted by atomic mass is 9.87. The lowest BCUT2D eigenvalue weighted by molar-refractivity contribution is -0.148. The average molecular weight is 325 g/mol. The van der Waals surface area contributed by atoms with Crippen molar-refractivity contribution in [1.82, 2.24) is 4.90 Å². The van der Waals surface area contributed by atoms with E-state index in [2.05, 4.69) is 0 Å². The van der Waals surface area contributed by atoms with Crippen molar-refractivity contribution in [3.05, 3.63) is 35.4 Å². The van der Waals surface area contributed by atoms with Gasteiger partial charge < -0.3 is 10.0 Å². The Bertz CT molecular complexity index is 591. The van der Waals surface area contributed by atoms with Crippen LogP contribution >= 0.6 is 0 Å². The summed E-state index contributed by atoms with van der Waals surface area (Å²) in [5.74, 6) is -3.01. The Kier molecular flexibility index (Phi) is 5.69. The second kappa shape index (κ2) is 7.53. The molecule has 1 heterocycles. The zero-order chi connectivity index (χ0) is 17.0. The molecule has 6 heteroatoms. The minimum atomic E-state index is -0.876. The Labute approximate surface area is 134 Å². The van der Waals surface area contributed by atoms with Crippen LogP contribution in [0.25, 0.3) is 0 Å². The molecule has 1 aliphatic heterocycles. The van der Waals surface area contributed by atoms with Crippen LogP contribution in [0.15, 0.2) is 18.2 Å². The number of aliphatic carboxylic acids is 1. The zero-order valence-electron chi connectivity index (χ0n) is 13.1. The number of carbonyl (C=O) groups excluding carboxylic acids is 1. The number of likely N-dealkylation sites (tertiary alicyclic amines) is 1. The number of carbonyl (C=O) groups is 2. The van der Waals surface area contributed by atoms with E-state index in [-0.39, 0.29) is 17.7 Å². The van der Waals surface area contributed by atoms with E-state index in [1.165, 1.54) is 6.07 Å². The first kappa shape index (κ1) is 17.4. The molecular formula is C17H21F2NO3. The van der Waals surface area contributed by atoms with Crippen LogP contribution in [-0.2, 0) is 16.0 Å². The summed E-state index contributed by atoms with van der Waals surface area (Å²) in [5, 5.41) is 9.08. The third-order valence-corrected chi connectivity index (χ3v) is 4.42. The molecule has 1 aromatic rings. The van der Waals surface area contributed by atoms with Gasteiger partial charge in [-0.1, -0.05) is 13.0 Å². The van der Waals surface area contributed by atoms with Gasteiger partial charge in [-0.3, -0.25) is 9.59 Å². The van der Waals surface area contributed by atoms with E-state index in [9.17, 15) is 18.4 Å². The van der Waals surface area contributed by atoms with E-state index in [4.69, 9.17) is 5.11 Å². The SMILES string of the molecule is CC1CN(C(=O)CCCc2ccc(F)c(F)c2)CCC1C(=O)O. The molecule has 0 aromatic heterocycles. The number of hydrogen-bond acceptors (Lipinski definition) is 2. The van der Waals surface area contributed by atoms with Gasteiger partial charge in [0.2, 0.25) is 5.91 Å². The molecule has 0 spiro atoms. The van der Waals surface area contributed by atoms with Gasteiger partial charge >= 0.3 is 5.97 Å². The fourth-order valence-corrected chi connectivity index (χ4v) is 3.04. The molecule has 1 fully saturated rings. The van der Waals surface area contributed by atoms with Crippen molar-refractivity contribution in [3.8, 4) is 0 Å². The average Bonchev–Trinajstić information content (AvgIpc) is 2.50. The third kappa shape index (κ3) is 4.50. The number of rotatable bonds is 5. The summed E-state index contributed by atoms with van der Waals surface area (Å²) < 4.78 is 25.9. The van der Waals surface area contributed by atoms with E-state index in [0.717, 1.165) is 12.1 Å². The van der Waals surface area contributed by atoms with E-state index in [1.54, 1.807) is 4.90 Å². The highest BCUT2D eigenvalue weighted by Crippen LogP contribution is 2.24. The maximum Gasteiger partial charge on any atom is 0.306 e. The highest BCUT2D eigenvalue weighted by atomic mass is 19.2. The molecule has 1 amide bonds. The number of halogens is 2. The van der Waals surface area contributed by atoms with Crippen molar-refractivity contribution >= 4 is 11.9 Å². The Morgan fingerprint density at radius 3 is 2.65 bits per heavy atom. The number of benzene rings is 1. The number of hydrogen-bond donors (Lipinski definition) is 1. The molecule has 1 N–H and O–H groups in total. The summed E-state index contributed by atoms with van der Waals surface area (Å²) in [6.07, 6.45) is 1.86. The molecular weight excluding hydrogens is 304 g/mol. The van der Waals surface area contributed by atoms with Crippen LogP contribution in [0, 0.1) is 23.5 Å². The van der Waals surface area contributed by atoms with Crippen LogP contribution in [0.1, 0.15) is 31.7 Å². The highest BCUT2D eigenvalue weighted by molar-refractivity contribution is 5.77. The number of nitrogens with zero attached hydrogens (tertiary/aromatic N) is 1. The number of carboxylic acid groups (broad SMARTS) is 1. The summed E-state index contributed by atoms with van der Waals surface area (Å²) in [5.41, 5.74) is 0.662. The first-order valence-electron chi connectivity index (χ1n) is 7.83. The molecule has 1 aromatic carbocycles. The molecule has 2 atom stereocenters. The van der Waals surface area contributed by atoms with Gasteiger partial charge in [0.15, 0.2) is 11.6 Å². The highest BCUT2D eigenvalue weighted by Gasteiger charge is 2.32. The first-order chi connectivity index (χ1) is 10.9. The minimum absolute atomic E-state index is 0.0109. The predicted octanol–water partition coefficient (Wildman–Crippen LogP) is 2.86. The third-order valence-electron chi connectivity index (χ3n) is 4.42. The number of carboxylic acids is 1. The van der Waals surface area contributed by atoms with Crippen LogP contribution < -0.4 is 0 Å². The molecule has 2 rings (SSSR count). The predicted molar refractivity (Wildman–Crippen MR) is 80.8 cm³/mol. The van der Waals surface area contributed by atoms with Crippen molar-refractivity contribution in [2.24, 2.45) is 11.8 Å². The molecule has 0 bridgehead atoms. The molecule has 2 unspecified atom stereocenters. The molecule has 0 radical (unpaired) electrons. The lowest BCUT2D eigenvalue weighted by Gasteiger charge is -2.35. The van der Waals surface area contributed by atoms with E-state index in [0.29, 0.717) is 44.3 Å². The van der Waals surface area contributed by atoms with Crippen molar-refractivity contribution in [3.63, 3.8) is 0 Å². The molecule has 0 saturated carbocycles. The van der Waals surface area contributed by atoms with E-state index < -0.39 is 17.6 Å². The molecule has 1 saturated heterocycles. The van der Waals surface area contributed by atoms with Crippen LogP contribution in [0.2, 0.25) is 0 Å². The number of piperidine rings is 1. The summed E-state index contributed by atoms with van der Waals surface area (Å²) in [7, 11) is 0. The smallest absolute Gasteiger partial charge is 0.306 e. The largest absolute Gasteiger partial charge is 0.481 e. The molecule has 126 valence electrons. The maximum atomic E-state index is 13.1. The minimum Gasteiger partial charge on any atom is -0.481 e. The van der Waals surface area contributed by atoms with Gasteiger partial charge in [-0.2, -0.15) is 0 Å². The molecule has 0 aliphatic carbocycles. The Morgan fingerprint density at radius 2 is 2.04 bits per heavy atom. The first-order valence-corrected chi connectivity index (χ1v) is 7.83. The van der Waals surface area contributed by atoms with Crippen molar-refractivity contribution in [2.45, 2.75) is 32.6 Å². The Balaban J connectivity index is 1.79. The van der Waals surface area contributed by atoms with Crippen LogP contribution in [-0.4, -0.2) is 35.0 Å². The fourth-order valence-electron chi connectivity index (χ4n) is 3.04. The van der Waals surface area contributed by atoms with Gasteiger partial charge in [-0.25, -0.2) is 8.78 Å². The second-order valence-corrected chi connectivity index (χ2v) is 6.15. The summed E-state index contributed by atoms with van der Waals surface area (Å²) in [4.78, 5) is 24.9. The van der Waals surface area contributed by atoms with Crippen molar-refractivity contribution in [1.29, 1.82) is 0 Å². The quantitative estimate of drug-likeness (QED) is 0.905. The van der Waals surface area contributed by atoms with E-state index >= 15 is 0 Å². The maximum absolute atomic E-state index is 13.1. The molecule has 4 nitrogen and oxygen atoms in total. The van der Waals surface area contributed by atoms with Crippen LogP contribution in [0.4, 0.5) is 8.78 Å². The summed E-state index contributed by atoms with van der Waals surface area (Å²) in [6.45, 7) is 2.77. The topological polar surface area (TPSA) is 57.6 Å². The lowest BCUT2D eigenvalue weighted by Crippen LogP contribution is -2.44. The Hall–Kier alpha value is -1.98. The normalized spacial score (nSPS) is 21.3. The molecule has 23 heavy (non-hydrogen) atoms. The van der Waals surface area contributed by atoms with Crippen molar-refractivity contribution < 1.29 is 23.5 Å². The van der Waals surface area contributed by atoms with Gasteiger partial charge in [-0.15, -0.1) is 0 Å². The van der Waals surface area contributed by atoms with Crippen LogP contribution in [0.5, 0.6) is 0 Å². The number of aryl methyl sites for hydroxylation is 1. The van der Waals surface area contributed by atoms with Gasteiger partial charge in [0.25, 0.3) is 0 Å². The monoisotopic (exact) mass is 325 g/mol. The fraction of sp³-hybridized carbons (Fsp3) is 0.529. The summed E-state index contributed by atoms with van der Waals surface area (Å²) in [6, 6.07) is 3.76. The number of amides is 1. The summed E-state index contributed by atoms with van der Waals surface area (Å²) >= 11 is 0. The molecule has 1 aliphatic rings. The van der Waals surface area contributed by atoms with Crippen LogP contribution in [0.3, 0.4) is 0 Å². The standard InChI is InChI=1S/C17H21F2NO3/c1-11-10-20(8-7-13(11)17(22)23)16(21)4-2-3-12-5-6-14(18)15(19)9-12/h5-6,9,11,13H,2-4,7-8,10H2,1H3,(H,22,23).